The van der Waals surface area contributed by atoms with Gasteiger partial charge in [0.1, 0.15) is 5.69 Å². The van der Waals surface area contributed by atoms with E-state index in [0.29, 0.717) is 11.3 Å². The fourth-order valence-corrected chi connectivity index (χ4v) is 1.86. The number of aromatic nitrogens is 1. The molecule has 1 aromatic heterocycles. The molecule has 0 radical (unpaired) electrons. The number of hydrogen-bond acceptors (Lipinski definition) is 3. The van der Waals surface area contributed by atoms with Gasteiger partial charge in [0.05, 0.1) is 17.1 Å². The van der Waals surface area contributed by atoms with Gasteiger partial charge in [0.15, 0.2) is 0 Å². The lowest BCUT2D eigenvalue weighted by Gasteiger charge is -1.98. The fraction of sp³-hybridized carbons (Fsp3) is 0. The molecule has 0 bridgehead atoms. The SMILES string of the molecule is C=CN=C/C=C/c1cc(C#N)cc2cc(C(N)=O)[nH]c12. The van der Waals surface area contributed by atoms with Crippen LogP contribution in [0.2, 0.25) is 0 Å². The molecule has 3 N–H and O–H groups in total. The number of carbonyl (C=O) groups is 1. The minimum absolute atomic E-state index is 0.310. The van der Waals surface area contributed by atoms with E-state index in [9.17, 15) is 4.79 Å². The molecule has 2 aromatic rings. The van der Waals surface area contributed by atoms with Crippen LogP contribution in [-0.4, -0.2) is 17.1 Å². The van der Waals surface area contributed by atoms with Gasteiger partial charge in [0.25, 0.3) is 5.91 Å². The van der Waals surface area contributed by atoms with Crippen molar-refractivity contribution < 1.29 is 4.79 Å². The molecule has 0 saturated heterocycles. The van der Waals surface area contributed by atoms with E-state index in [0.717, 1.165) is 16.5 Å². The topological polar surface area (TPSA) is 95.0 Å². The Labute approximate surface area is 115 Å². The molecule has 0 spiro atoms. The van der Waals surface area contributed by atoms with E-state index in [1.165, 1.54) is 6.20 Å². The quantitative estimate of drug-likeness (QED) is 0.829. The van der Waals surface area contributed by atoms with E-state index in [4.69, 9.17) is 11.0 Å². The zero-order valence-corrected chi connectivity index (χ0v) is 10.6. The molecule has 0 fully saturated rings. The summed E-state index contributed by atoms with van der Waals surface area (Å²) in [6.07, 6.45) is 6.51. The number of nitrogens with two attached hydrogens (primary N) is 1. The summed E-state index contributed by atoms with van der Waals surface area (Å²) in [6.45, 7) is 3.47. The Hall–Kier alpha value is -3.13. The van der Waals surface area contributed by atoms with Crippen LogP contribution < -0.4 is 5.73 Å². The average molecular weight is 264 g/mol. The number of rotatable bonds is 4. The predicted molar refractivity (Wildman–Crippen MR) is 79.3 cm³/mol. The monoisotopic (exact) mass is 264 g/mol. The van der Waals surface area contributed by atoms with Crippen LogP contribution in [-0.2, 0) is 0 Å². The Kier molecular flexibility index (Phi) is 3.77. The van der Waals surface area contributed by atoms with Crippen LogP contribution in [0, 0.1) is 11.3 Å². The molecule has 1 heterocycles. The summed E-state index contributed by atoms with van der Waals surface area (Å²) in [5.74, 6) is -0.539. The Morgan fingerprint density at radius 1 is 1.45 bits per heavy atom. The number of carbonyl (C=O) groups excluding carboxylic acids is 1. The third-order valence-electron chi connectivity index (χ3n) is 2.71. The molecule has 20 heavy (non-hydrogen) atoms. The van der Waals surface area contributed by atoms with Crippen molar-refractivity contribution >= 4 is 29.1 Å². The third-order valence-corrected chi connectivity index (χ3v) is 2.71. The van der Waals surface area contributed by atoms with E-state index in [2.05, 4.69) is 22.6 Å². The number of nitrogens with one attached hydrogen (secondary N) is 1. The smallest absolute Gasteiger partial charge is 0.265 e. The number of nitrogens with zero attached hydrogens (tertiary/aromatic N) is 2. The van der Waals surface area contributed by atoms with Crippen molar-refractivity contribution in [3.05, 3.63) is 53.9 Å². The molecular weight excluding hydrogens is 252 g/mol. The van der Waals surface area contributed by atoms with Gasteiger partial charge in [-0.25, -0.2) is 0 Å². The average Bonchev–Trinajstić information content (AvgIpc) is 2.87. The van der Waals surface area contributed by atoms with Crippen LogP contribution in [0.1, 0.15) is 21.6 Å². The highest BCUT2D eigenvalue weighted by Crippen LogP contribution is 2.22. The third kappa shape index (κ3) is 2.65. The van der Waals surface area contributed by atoms with Gasteiger partial charge in [-0.2, -0.15) is 5.26 Å². The lowest BCUT2D eigenvalue weighted by molar-refractivity contribution is 0.0996. The van der Waals surface area contributed by atoms with Gasteiger partial charge in [0, 0.05) is 17.8 Å². The Balaban J connectivity index is 2.58. The Morgan fingerprint density at radius 2 is 2.25 bits per heavy atom. The minimum atomic E-state index is -0.539. The molecule has 0 aliphatic rings. The van der Waals surface area contributed by atoms with Crippen LogP contribution in [0.15, 0.2) is 42.0 Å². The first-order chi connectivity index (χ1) is 9.65. The first-order valence-electron chi connectivity index (χ1n) is 5.83. The molecular formula is C15H12N4O. The molecule has 5 nitrogen and oxygen atoms in total. The summed E-state index contributed by atoms with van der Waals surface area (Å²) >= 11 is 0. The summed E-state index contributed by atoms with van der Waals surface area (Å²) in [4.78, 5) is 18.0. The van der Waals surface area contributed by atoms with Crippen molar-refractivity contribution in [1.82, 2.24) is 4.98 Å². The second-order valence-corrected chi connectivity index (χ2v) is 4.03. The van der Waals surface area contributed by atoms with Gasteiger partial charge in [-0.15, -0.1) is 0 Å². The number of fused-ring (bicyclic) bond motifs is 1. The lowest BCUT2D eigenvalue weighted by atomic mass is 10.1. The van der Waals surface area contributed by atoms with E-state index < -0.39 is 5.91 Å². The van der Waals surface area contributed by atoms with Crippen molar-refractivity contribution in [2.24, 2.45) is 10.7 Å². The van der Waals surface area contributed by atoms with Crippen molar-refractivity contribution in [2.45, 2.75) is 0 Å². The lowest BCUT2D eigenvalue weighted by Crippen LogP contribution is -2.10. The highest BCUT2D eigenvalue weighted by molar-refractivity contribution is 6.00. The van der Waals surface area contributed by atoms with Crippen LogP contribution in [0.25, 0.3) is 17.0 Å². The van der Waals surface area contributed by atoms with Crippen LogP contribution in [0.5, 0.6) is 0 Å². The van der Waals surface area contributed by atoms with E-state index >= 15 is 0 Å². The first-order valence-corrected chi connectivity index (χ1v) is 5.83. The number of benzene rings is 1. The van der Waals surface area contributed by atoms with Crippen molar-refractivity contribution in [3.63, 3.8) is 0 Å². The molecule has 0 saturated carbocycles. The summed E-state index contributed by atoms with van der Waals surface area (Å²) in [6, 6.07) is 7.14. The molecule has 98 valence electrons. The summed E-state index contributed by atoms with van der Waals surface area (Å²) in [7, 11) is 0. The Morgan fingerprint density at radius 3 is 2.90 bits per heavy atom. The molecule has 1 aromatic carbocycles. The van der Waals surface area contributed by atoms with Crippen molar-refractivity contribution in [1.29, 1.82) is 5.26 Å². The molecule has 0 atom stereocenters. The number of nitriles is 1. The molecule has 0 aliphatic heterocycles. The zero-order chi connectivity index (χ0) is 14.5. The summed E-state index contributed by atoms with van der Waals surface area (Å²) in [5.41, 5.74) is 7.60. The Bertz CT molecular complexity index is 775. The maximum atomic E-state index is 11.2. The number of hydrogen-bond donors (Lipinski definition) is 2. The predicted octanol–water partition coefficient (Wildman–Crippen LogP) is 2.37. The number of allylic oxidation sites excluding steroid dienone is 1. The molecule has 0 unspecified atom stereocenters. The molecule has 0 aliphatic carbocycles. The van der Waals surface area contributed by atoms with Crippen molar-refractivity contribution in [2.75, 3.05) is 0 Å². The van der Waals surface area contributed by atoms with Crippen LogP contribution in [0.3, 0.4) is 0 Å². The van der Waals surface area contributed by atoms with Crippen molar-refractivity contribution in [3.8, 4) is 6.07 Å². The minimum Gasteiger partial charge on any atom is -0.364 e. The van der Waals surface area contributed by atoms with Gasteiger partial charge in [-0.05, 0) is 29.8 Å². The van der Waals surface area contributed by atoms with Gasteiger partial charge >= 0.3 is 0 Å². The number of H-pyrrole nitrogens is 1. The summed E-state index contributed by atoms with van der Waals surface area (Å²) < 4.78 is 0. The maximum absolute atomic E-state index is 11.2. The van der Waals surface area contributed by atoms with E-state index in [-0.39, 0.29) is 0 Å². The van der Waals surface area contributed by atoms with Crippen LogP contribution >= 0.6 is 0 Å². The zero-order valence-electron chi connectivity index (χ0n) is 10.6. The fourth-order valence-electron chi connectivity index (χ4n) is 1.86. The van der Waals surface area contributed by atoms with Gasteiger partial charge in [0.2, 0.25) is 0 Å². The molecule has 5 heteroatoms. The molecule has 1 amide bonds. The van der Waals surface area contributed by atoms with E-state index in [1.807, 2.05) is 0 Å². The van der Waals surface area contributed by atoms with E-state index in [1.54, 1.807) is 36.6 Å². The second-order valence-electron chi connectivity index (χ2n) is 4.03. The number of aromatic amines is 1. The highest BCUT2D eigenvalue weighted by Gasteiger charge is 2.09. The maximum Gasteiger partial charge on any atom is 0.265 e. The largest absolute Gasteiger partial charge is 0.364 e. The standard InChI is InChI=1S/C15H12N4O/c1-2-18-5-3-4-11-6-10(9-16)7-12-8-13(15(17)20)19-14(11)12/h2-8,19H,1H2,(H2,17,20)/b4-3+,18-5?. The van der Waals surface area contributed by atoms with Gasteiger partial charge < -0.3 is 10.7 Å². The molecule has 2 rings (SSSR count). The van der Waals surface area contributed by atoms with Crippen LogP contribution in [0.4, 0.5) is 0 Å². The first kappa shape index (κ1) is 13.3. The second kappa shape index (κ2) is 5.67. The summed E-state index contributed by atoms with van der Waals surface area (Å²) in [5, 5.41) is 9.79. The van der Waals surface area contributed by atoms with Gasteiger partial charge in [-0.3, -0.25) is 9.79 Å². The van der Waals surface area contributed by atoms with Gasteiger partial charge in [-0.1, -0.05) is 12.7 Å². The number of amides is 1. The highest BCUT2D eigenvalue weighted by atomic mass is 16.1. The number of aliphatic imine (C=N–C) groups is 1. The normalized spacial score (nSPS) is 11.2. The number of primary amides is 1.